The van der Waals surface area contributed by atoms with Crippen LogP contribution in [0.1, 0.15) is 124 Å². The zero-order chi connectivity index (χ0) is 71.1. The highest BCUT2D eigenvalue weighted by atomic mass is 16.7. The Morgan fingerprint density at radius 2 is 0.786 bits per heavy atom. The molecule has 98 heavy (non-hydrogen) atoms. The number of methoxy groups -OCH3 is 2. The maximum Gasteiger partial charge on any atom is 0.333 e. The first-order valence-corrected chi connectivity index (χ1v) is 32.6. The molecule has 1 unspecified atom stereocenters. The van der Waals surface area contributed by atoms with Gasteiger partial charge in [-0.05, 0) is 93.0 Å². The number of aliphatic hydroxyl groups excluding tert-OH is 4. The molecule has 4 heterocycles. The number of carbonyl (C=O) groups is 2. The Balaban J connectivity index is 1.27. The number of benzene rings is 4. The van der Waals surface area contributed by atoms with Crippen molar-refractivity contribution in [3.8, 4) is 23.0 Å². The zero-order valence-corrected chi connectivity index (χ0v) is 55.9. The zero-order valence-electron chi connectivity index (χ0n) is 55.9. The van der Waals surface area contributed by atoms with Gasteiger partial charge in [-0.2, -0.15) is 9.58 Å². The number of hydrogen-bond acceptors (Lipinski definition) is 26. The van der Waals surface area contributed by atoms with E-state index in [0.717, 1.165) is 24.3 Å². The largest absolute Gasteiger partial charge is 0.506 e. The van der Waals surface area contributed by atoms with Gasteiger partial charge in [-0.3, -0.25) is 28.8 Å². The molecule has 0 amide bonds. The van der Waals surface area contributed by atoms with Crippen molar-refractivity contribution in [1.82, 2.24) is 9.80 Å². The average Bonchev–Trinajstić information content (AvgIpc) is 1.66. The highest BCUT2D eigenvalue weighted by Crippen LogP contribution is 2.63. The number of nitrogens with zero attached hydrogens (tertiary/aromatic N) is 6. The first-order valence-electron chi connectivity index (χ1n) is 32.6. The van der Waals surface area contributed by atoms with E-state index in [1.807, 2.05) is 0 Å². The molecular weight excluding hydrogens is 1280 g/mol. The first kappa shape index (κ1) is 70.6. The molecule has 30 nitrogen and oxygen atoms in total. The minimum absolute atomic E-state index is 0.351. The Bertz CT molecular complexity index is 4300. The number of phenolic OH excluding ortho intramolecular Hbond substituents is 4. The number of aliphatic hydroxyl groups is 4. The van der Waals surface area contributed by atoms with Crippen molar-refractivity contribution in [1.29, 1.82) is 0 Å². The molecule has 22 atom stereocenters. The van der Waals surface area contributed by atoms with Crippen LogP contribution in [0.25, 0.3) is 54.2 Å². The van der Waals surface area contributed by atoms with Gasteiger partial charge in [0.05, 0.1) is 105 Å². The van der Waals surface area contributed by atoms with Gasteiger partial charge in [0.2, 0.25) is 0 Å². The second-order valence-electron chi connectivity index (χ2n) is 27.2. The molecular formula is C68H80N6O24. The van der Waals surface area contributed by atoms with E-state index in [1.54, 1.807) is 51.8 Å². The highest BCUT2D eigenvalue weighted by Gasteiger charge is 2.71. The van der Waals surface area contributed by atoms with Gasteiger partial charge >= 0.3 is 10.7 Å². The lowest BCUT2D eigenvalue weighted by Crippen LogP contribution is -2.68. The topological polar surface area (TPSA) is 436 Å². The van der Waals surface area contributed by atoms with Crippen LogP contribution in [0.3, 0.4) is 0 Å². The summed E-state index contributed by atoms with van der Waals surface area (Å²) in [6.07, 6.45) is -24.5. The van der Waals surface area contributed by atoms with Gasteiger partial charge in [0.1, 0.15) is 69.4 Å². The minimum atomic E-state index is -2.67. The first-order chi connectivity index (χ1) is 46.4. The van der Waals surface area contributed by atoms with Crippen molar-refractivity contribution in [3.63, 3.8) is 0 Å². The van der Waals surface area contributed by atoms with Crippen LogP contribution in [0, 0.1) is 11.8 Å². The van der Waals surface area contributed by atoms with Crippen LogP contribution in [-0.4, -0.2) is 224 Å². The van der Waals surface area contributed by atoms with Crippen LogP contribution in [0.4, 0.5) is 0 Å². The summed E-state index contributed by atoms with van der Waals surface area (Å²) in [5.41, 5.74) is 11.4. The normalized spacial score (nSPS) is 35.4. The molecule has 4 fully saturated rings. The number of Topliss-reactive ketones (excluding diaryl/α,β-unsaturated/α-hetero) is 2. The van der Waals surface area contributed by atoms with E-state index in [-0.39, 0.29) is 25.7 Å². The molecule has 6 aromatic carbocycles. The number of ketones is 2. The van der Waals surface area contributed by atoms with E-state index in [2.05, 4.69) is 9.58 Å². The summed E-state index contributed by atoms with van der Waals surface area (Å²) in [4.78, 5) is 103. The van der Waals surface area contributed by atoms with Crippen LogP contribution in [0.15, 0.2) is 43.4 Å². The number of fused-ring (bicyclic) bond motifs is 8. The number of carbonyl (C=O) groups excluding carboxylic acids is 2. The van der Waals surface area contributed by atoms with Gasteiger partial charge in [0.25, 0.3) is 0 Å². The molecule has 8 N–H and O–H groups in total. The van der Waals surface area contributed by atoms with Crippen molar-refractivity contribution in [2.75, 3.05) is 42.4 Å². The molecule has 526 valence electrons. The smallest absolute Gasteiger partial charge is 0.333 e. The Labute approximate surface area is 558 Å². The molecule has 0 bridgehead atoms. The van der Waals surface area contributed by atoms with Gasteiger partial charge < -0.3 is 109 Å². The number of ether oxygens (including phenoxy) is 10. The van der Waals surface area contributed by atoms with Gasteiger partial charge in [-0.1, -0.05) is 13.8 Å². The van der Waals surface area contributed by atoms with E-state index in [4.69, 9.17) is 47.4 Å². The summed E-state index contributed by atoms with van der Waals surface area (Å²) in [6, 6.07) is 1.96. The molecule has 2 aliphatic carbocycles. The molecule has 4 aliphatic heterocycles. The third-order valence-electron chi connectivity index (χ3n) is 21.6. The fourth-order valence-corrected chi connectivity index (χ4v) is 17.2. The van der Waals surface area contributed by atoms with Crippen molar-refractivity contribution in [3.05, 3.63) is 109 Å². The van der Waals surface area contributed by atoms with Crippen molar-refractivity contribution >= 4 is 54.7 Å². The van der Waals surface area contributed by atoms with E-state index in [1.165, 1.54) is 41.9 Å². The summed E-state index contributed by atoms with van der Waals surface area (Å²) >= 11 is 0. The molecule has 6 aliphatic rings. The summed E-state index contributed by atoms with van der Waals surface area (Å²) in [6.45, 7) is 9.33. The van der Waals surface area contributed by atoms with Crippen molar-refractivity contribution in [2.45, 2.75) is 202 Å². The number of aromatic hydroxyl groups is 4. The molecule has 0 aromatic heterocycles. The number of rotatable bonds is 15. The Kier molecular flexibility index (Phi) is 18.8. The lowest BCUT2D eigenvalue weighted by molar-refractivity contribution is -0.352. The van der Waals surface area contributed by atoms with Crippen molar-refractivity contribution in [2.24, 2.45) is 11.8 Å². The molecule has 0 radical (unpaired) electrons. The predicted molar refractivity (Wildman–Crippen MR) is 341 cm³/mol. The summed E-state index contributed by atoms with van der Waals surface area (Å²) < 4.78 is 67.5. The lowest BCUT2D eigenvalue weighted by atomic mass is 9.55. The fraction of sp³-hybridized carbons (Fsp3) is 0.588. The minimum Gasteiger partial charge on any atom is -0.506 e. The molecule has 12 rings (SSSR count). The van der Waals surface area contributed by atoms with E-state index >= 15 is 9.59 Å². The Morgan fingerprint density at radius 3 is 1.06 bits per heavy atom. The van der Waals surface area contributed by atoms with Gasteiger partial charge in [-0.15, -0.1) is 0 Å². The lowest BCUT2D eigenvalue weighted by Gasteiger charge is -2.58. The van der Waals surface area contributed by atoms with Crippen LogP contribution in [0.2, 0.25) is 0 Å². The maximum atomic E-state index is 17.9. The molecule has 0 saturated carbocycles. The van der Waals surface area contributed by atoms with E-state index < -0.39 is 279 Å². The van der Waals surface area contributed by atoms with Crippen LogP contribution >= 0.6 is 0 Å². The standard InChI is InChI=1S/C68H80N6O24/c1-13-67(97-37-21-33(89-11)57(81)25(5)93-37)51(63(87)45-43-47(61(85)41-29(77)17-15-27(75)39(41)59(43)83)53(71-69)49(45)65(67)95-35-19-31(79)55(73(7)8)23(3)91-35)52-64(88)46-44-48(62(86)42-30(78)18-16-28(76)40(42)60(44)84)54(72-70)50(46)66(96-36-20-32(80)56(74(9)10)24(4)92-36)68(52,14-2)98-38-22-34(90-12)58(82)26(6)94-38/h15-18,23-26,31-38,51-52,55-58,65-66,79-86H,13-14,19-22H2,1-12H3/t23-,24-,25-,26+,31-,32-,33-,34+,35+,36+,37-,38+,51+,52+,55?,56-,57-,58+,65-,66-,67+,68+/m1/s1. The summed E-state index contributed by atoms with van der Waals surface area (Å²) in [7, 11) is 9.47. The molecule has 4 saturated heterocycles. The molecule has 0 spiro atoms. The van der Waals surface area contributed by atoms with Crippen LogP contribution < -0.4 is 32.4 Å². The van der Waals surface area contributed by atoms with Gasteiger partial charge in [0, 0.05) is 61.8 Å². The average molecular weight is 1370 g/mol. The molecule has 30 heteroatoms. The number of likely N-dealkylation sites (N-methyl/N-ethyl adjacent to an activating group) is 2. The van der Waals surface area contributed by atoms with Crippen LogP contribution in [0.5, 0.6) is 23.0 Å². The highest BCUT2D eigenvalue weighted by molar-refractivity contribution is 6.25. The predicted octanol–water partition coefficient (Wildman–Crippen LogP) is 1.22. The third kappa shape index (κ3) is 10.5. The SMILES string of the molecule is CC[C@@]1(O[C@@H]2C[C@@H](OC)[C@H](O)[C@@H](C)O2)[C@H](O[C@H]2C[C@@H](O)C(N(C)C)[C@@H](C)O2)c2c(c3c(O)c4c(=O)ccc(=O)c4c(O)c3c2=[N+]=[N-])C(=O)[C@@H]1[C@H]1C(=O)c2c(c(=[N+]=[N-])c3c(O)c4c(=O)ccc(=O)c4c(O)c23)[C@@H](O[C@H]2C[C@@H](O)[C@H](N(C)C)[C@@H](C)O2)[C@@]1(CC)O[C@H]1C[C@H](OC)[C@@H](O)[C@H](C)O1. The fourth-order valence-electron chi connectivity index (χ4n) is 17.2. The summed E-state index contributed by atoms with van der Waals surface area (Å²) in [5.74, 6) is -11.6. The van der Waals surface area contributed by atoms with Crippen molar-refractivity contribution < 1.29 is 107 Å². The van der Waals surface area contributed by atoms with E-state index in [0.29, 0.717) is 0 Å². The summed E-state index contributed by atoms with van der Waals surface area (Å²) in [5, 5.41) is 90.9. The quantitative estimate of drug-likeness (QED) is 0.0407. The monoisotopic (exact) mass is 1360 g/mol. The van der Waals surface area contributed by atoms with E-state index in [9.17, 15) is 71.1 Å². The van der Waals surface area contributed by atoms with Gasteiger partial charge in [0.15, 0.2) is 58.4 Å². The van der Waals surface area contributed by atoms with Gasteiger partial charge in [-0.25, -0.2) is 0 Å². The Morgan fingerprint density at radius 1 is 0.480 bits per heavy atom. The number of phenols is 4. The third-order valence-corrected chi connectivity index (χ3v) is 21.6. The second-order valence-corrected chi connectivity index (χ2v) is 27.2. The Hall–Kier alpha value is -7.26. The second kappa shape index (κ2) is 26.0. The maximum absolute atomic E-state index is 17.9. The number of hydrogen-bond donors (Lipinski definition) is 8. The van der Waals surface area contributed by atoms with Crippen LogP contribution in [-0.2, 0) is 47.4 Å². The molecule has 6 aromatic rings.